The van der Waals surface area contributed by atoms with E-state index in [9.17, 15) is 0 Å². The first-order chi connectivity index (χ1) is 14.8. The van der Waals surface area contributed by atoms with Crippen molar-refractivity contribution >= 4 is 113 Å². The molecule has 0 fully saturated rings. The third kappa shape index (κ3) is 2.35. The molecule has 6 heterocycles. The Bertz CT molecular complexity index is 1670. The highest BCUT2D eigenvalue weighted by Gasteiger charge is 2.38. The molecule has 2 aliphatic heterocycles. The fourth-order valence-electron chi connectivity index (χ4n) is 4.57. The molecule has 30 heavy (non-hydrogen) atoms. The van der Waals surface area contributed by atoms with Gasteiger partial charge in [0.05, 0.1) is 9.95 Å². The predicted octanol–water partition coefficient (Wildman–Crippen LogP) is 9.85. The molecule has 6 aromatic rings. The lowest BCUT2D eigenvalue weighted by Gasteiger charge is -2.09. The molecule has 0 radical (unpaired) electrons. The first kappa shape index (κ1) is 17.3. The topological polar surface area (TPSA) is 0 Å². The first-order valence-corrected chi connectivity index (χ1v) is 14.9. The summed E-state index contributed by atoms with van der Waals surface area (Å²) in [5, 5.41) is 9.74. The molecule has 4 aromatic heterocycles. The van der Waals surface area contributed by atoms with Gasteiger partial charge < -0.3 is 0 Å². The van der Waals surface area contributed by atoms with Crippen LogP contribution in [0.15, 0.2) is 64.2 Å². The number of rotatable bonds is 1. The van der Waals surface area contributed by atoms with Crippen LogP contribution in [0.25, 0.3) is 44.6 Å². The Morgan fingerprint density at radius 3 is 2.43 bits per heavy atom. The SMILES string of the molecule is C1=C(c2cc3sc4cc5sccc5cc4c3s2)SC2c3cc4ccsc4cc3SC12. The quantitative estimate of drug-likeness (QED) is 0.224. The van der Waals surface area contributed by atoms with Crippen molar-refractivity contribution in [1.82, 2.24) is 0 Å². The van der Waals surface area contributed by atoms with Crippen LogP contribution in [0, 0.1) is 0 Å². The van der Waals surface area contributed by atoms with Gasteiger partial charge in [0.25, 0.3) is 0 Å². The minimum atomic E-state index is 0.562. The van der Waals surface area contributed by atoms with Gasteiger partial charge in [-0.05, 0) is 69.6 Å². The van der Waals surface area contributed by atoms with Crippen molar-refractivity contribution in [3.63, 3.8) is 0 Å². The highest BCUT2D eigenvalue weighted by molar-refractivity contribution is 8.11. The van der Waals surface area contributed by atoms with Crippen LogP contribution >= 0.6 is 68.9 Å². The van der Waals surface area contributed by atoms with Crippen molar-refractivity contribution in [1.29, 1.82) is 0 Å². The summed E-state index contributed by atoms with van der Waals surface area (Å²) in [6, 6.07) is 16.6. The van der Waals surface area contributed by atoms with Crippen molar-refractivity contribution < 1.29 is 0 Å². The van der Waals surface area contributed by atoms with E-state index in [0.717, 1.165) is 0 Å². The van der Waals surface area contributed by atoms with E-state index in [2.05, 4.69) is 82.8 Å². The second kappa shape index (κ2) is 6.15. The molecule has 0 saturated carbocycles. The Labute approximate surface area is 197 Å². The molecule has 8 rings (SSSR count). The average Bonchev–Trinajstić information content (AvgIpc) is 3.52. The molecule has 6 heteroatoms. The zero-order chi connectivity index (χ0) is 19.4. The lowest BCUT2D eigenvalue weighted by Crippen LogP contribution is -1.96. The summed E-state index contributed by atoms with van der Waals surface area (Å²) in [5.41, 5.74) is 1.54. The number of fused-ring (bicyclic) bond motifs is 8. The fourth-order valence-corrected chi connectivity index (χ4v) is 12.0. The monoisotopic (exact) mass is 492 g/mol. The summed E-state index contributed by atoms with van der Waals surface area (Å²) >= 11 is 11.8. The van der Waals surface area contributed by atoms with Gasteiger partial charge in [-0.3, -0.25) is 0 Å². The van der Waals surface area contributed by atoms with Gasteiger partial charge >= 0.3 is 0 Å². The van der Waals surface area contributed by atoms with E-state index in [1.165, 1.54) is 59.9 Å². The van der Waals surface area contributed by atoms with Crippen LogP contribution in [0.2, 0.25) is 0 Å². The van der Waals surface area contributed by atoms with E-state index in [1.54, 1.807) is 0 Å². The van der Waals surface area contributed by atoms with Crippen LogP contribution in [0.5, 0.6) is 0 Å². The minimum Gasteiger partial charge on any atom is -0.144 e. The van der Waals surface area contributed by atoms with E-state index in [4.69, 9.17) is 0 Å². The van der Waals surface area contributed by atoms with Crippen molar-refractivity contribution in [2.24, 2.45) is 0 Å². The molecule has 0 saturated heterocycles. The third-order valence-corrected chi connectivity index (χ3v) is 13.2. The fraction of sp³-hybridized carbons (Fsp3) is 0.0833. The van der Waals surface area contributed by atoms with Crippen LogP contribution in [0.4, 0.5) is 0 Å². The van der Waals surface area contributed by atoms with Crippen molar-refractivity contribution in [2.45, 2.75) is 15.4 Å². The normalized spacial score (nSPS) is 20.6. The van der Waals surface area contributed by atoms with Crippen LogP contribution < -0.4 is 0 Å². The molecule has 0 aliphatic carbocycles. The summed E-state index contributed by atoms with van der Waals surface area (Å²) in [4.78, 5) is 4.41. The van der Waals surface area contributed by atoms with E-state index in [1.807, 2.05) is 45.3 Å². The van der Waals surface area contributed by atoms with Crippen molar-refractivity contribution in [3.05, 3.63) is 69.7 Å². The number of thioether (sulfide) groups is 2. The highest BCUT2D eigenvalue weighted by Crippen LogP contribution is 2.61. The molecule has 2 aromatic carbocycles. The van der Waals surface area contributed by atoms with Crippen LogP contribution in [0.3, 0.4) is 0 Å². The van der Waals surface area contributed by atoms with Crippen LogP contribution in [-0.4, -0.2) is 5.25 Å². The molecular formula is C24H12S6. The number of benzene rings is 2. The maximum Gasteiger partial charge on any atom is 0.0536 e. The van der Waals surface area contributed by atoms with Gasteiger partial charge in [0.2, 0.25) is 0 Å². The maximum atomic E-state index is 2.53. The summed E-state index contributed by atoms with van der Waals surface area (Å²) < 4.78 is 7.14. The molecule has 2 atom stereocenters. The van der Waals surface area contributed by atoms with Crippen LogP contribution in [-0.2, 0) is 0 Å². The average molecular weight is 493 g/mol. The Morgan fingerprint density at radius 2 is 1.53 bits per heavy atom. The molecule has 0 nitrogen and oxygen atoms in total. The van der Waals surface area contributed by atoms with Gasteiger partial charge in [0.1, 0.15) is 0 Å². The van der Waals surface area contributed by atoms with Gasteiger partial charge in [-0.1, -0.05) is 6.08 Å². The van der Waals surface area contributed by atoms with E-state index < -0.39 is 0 Å². The standard InChI is InChI=1S/C24H12S6/c1-3-25-15-7-17-13(5-11(1)15)23-21(27-17)9-19(29-23)20-10-22-24(30-20)14-6-12-2-4-26-16(12)8-18(14)28-22/h1-10,21,23H. The molecule has 2 aliphatic rings. The van der Waals surface area contributed by atoms with Gasteiger partial charge in [-0.15, -0.1) is 68.9 Å². The van der Waals surface area contributed by atoms with E-state index in [-0.39, 0.29) is 0 Å². The Morgan fingerprint density at radius 1 is 0.700 bits per heavy atom. The lowest BCUT2D eigenvalue weighted by molar-refractivity contribution is 1.03. The maximum absolute atomic E-state index is 2.53. The molecule has 0 N–H and O–H groups in total. The van der Waals surface area contributed by atoms with Gasteiger partial charge in [0.15, 0.2) is 0 Å². The molecule has 0 bridgehead atoms. The molecule has 0 amide bonds. The molecule has 0 spiro atoms. The summed E-state index contributed by atoms with van der Waals surface area (Å²) in [6.45, 7) is 0. The Hall–Kier alpha value is -1.28. The van der Waals surface area contributed by atoms with Crippen LogP contribution in [0.1, 0.15) is 15.7 Å². The van der Waals surface area contributed by atoms with Gasteiger partial charge in [-0.2, -0.15) is 0 Å². The first-order valence-electron chi connectivity index (χ1n) is 9.70. The minimum absolute atomic E-state index is 0.562. The predicted molar refractivity (Wildman–Crippen MR) is 142 cm³/mol. The summed E-state index contributed by atoms with van der Waals surface area (Å²) in [5.74, 6) is 0. The summed E-state index contributed by atoms with van der Waals surface area (Å²) in [6.07, 6.45) is 2.53. The zero-order valence-corrected chi connectivity index (χ0v) is 20.3. The zero-order valence-electron chi connectivity index (χ0n) is 15.4. The van der Waals surface area contributed by atoms with Crippen molar-refractivity contribution in [3.8, 4) is 0 Å². The van der Waals surface area contributed by atoms with Gasteiger partial charge in [-0.25, -0.2) is 0 Å². The summed E-state index contributed by atoms with van der Waals surface area (Å²) in [7, 11) is 0. The molecule has 144 valence electrons. The smallest absolute Gasteiger partial charge is 0.0536 e. The number of thiophene rings is 4. The number of hydrogen-bond donors (Lipinski definition) is 0. The molecule has 2 unspecified atom stereocenters. The van der Waals surface area contributed by atoms with E-state index in [0.29, 0.717) is 10.5 Å². The number of hydrogen-bond acceptors (Lipinski definition) is 6. The molecular weight excluding hydrogens is 481 g/mol. The van der Waals surface area contributed by atoms with E-state index >= 15 is 0 Å². The second-order valence-corrected chi connectivity index (χ2v) is 14.1. The van der Waals surface area contributed by atoms with Gasteiger partial charge in [0, 0.05) is 44.1 Å². The lowest BCUT2D eigenvalue weighted by atomic mass is 10.1. The Kier molecular flexibility index (Phi) is 3.55. The largest absolute Gasteiger partial charge is 0.144 e. The highest BCUT2D eigenvalue weighted by atomic mass is 32.2. The van der Waals surface area contributed by atoms with Crippen molar-refractivity contribution in [2.75, 3.05) is 0 Å². The third-order valence-electron chi connectivity index (χ3n) is 5.98. The second-order valence-electron chi connectivity index (χ2n) is 7.71. The Balaban J connectivity index is 1.21.